The molecule has 0 spiro atoms. The molecular formula is C10H5Cl2NaO5S. The molecule has 19 heavy (non-hydrogen) atoms. The number of hydrogen-bond donors (Lipinski definition) is 1. The maximum absolute atomic E-state index is 11.7. The third kappa shape index (κ3) is 2.95. The van der Waals surface area contributed by atoms with Crippen molar-refractivity contribution in [1.82, 2.24) is 0 Å². The Bertz CT molecular complexity index is 723. The van der Waals surface area contributed by atoms with Crippen LogP contribution in [0.15, 0.2) is 33.2 Å². The molecule has 1 aliphatic rings. The van der Waals surface area contributed by atoms with Gasteiger partial charge in [-0.05, 0) is 18.2 Å². The van der Waals surface area contributed by atoms with Crippen LogP contribution in [-0.4, -0.2) is 54.1 Å². The SMILES string of the molecule is O=C1C(Cl)=C(Cl)C(=O)c2cc(S(=O)(=O)O)ccc21.[NaH]. The van der Waals surface area contributed by atoms with Crippen molar-refractivity contribution in [3.8, 4) is 0 Å². The summed E-state index contributed by atoms with van der Waals surface area (Å²) in [5, 5.41) is -0.879. The second-order valence-electron chi connectivity index (χ2n) is 3.47. The Morgan fingerprint density at radius 3 is 1.89 bits per heavy atom. The van der Waals surface area contributed by atoms with Gasteiger partial charge in [0.25, 0.3) is 10.1 Å². The molecule has 0 aliphatic heterocycles. The maximum atomic E-state index is 11.7. The van der Waals surface area contributed by atoms with E-state index in [2.05, 4.69) is 0 Å². The van der Waals surface area contributed by atoms with Crippen molar-refractivity contribution in [3.63, 3.8) is 0 Å². The van der Waals surface area contributed by atoms with Gasteiger partial charge < -0.3 is 0 Å². The number of allylic oxidation sites excluding steroid dienone is 2. The molecule has 0 bridgehead atoms. The number of Topliss-reactive ketones (excluding diaryl/α,β-unsaturated/α-hetero) is 2. The molecule has 1 N–H and O–H groups in total. The van der Waals surface area contributed by atoms with Gasteiger partial charge in [0.2, 0.25) is 11.6 Å². The van der Waals surface area contributed by atoms with Gasteiger partial charge >= 0.3 is 29.6 Å². The normalized spacial score (nSPS) is 15.1. The van der Waals surface area contributed by atoms with Crippen molar-refractivity contribution >= 4 is 74.4 Å². The summed E-state index contributed by atoms with van der Waals surface area (Å²) >= 11 is 11.2. The summed E-state index contributed by atoms with van der Waals surface area (Å²) in [5.41, 5.74) is -0.258. The number of ketones is 2. The Labute approximate surface area is 140 Å². The Kier molecular flexibility index (Phi) is 5.01. The second kappa shape index (κ2) is 5.65. The van der Waals surface area contributed by atoms with Gasteiger partial charge in [-0.1, -0.05) is 23.2 Å². The molecular weight excluding hydrogens is 326 g/mol. The second-order valence-corrected chi connectivity index (χ2v) is 5.65. The zero-order valence-electron chi connectivity index (χ0n) is 8.48. The van der Waals surface area contributed by atoms with Crippen molar-refractivity contribution in [2.75, 3.05) is 0 Å². The first-order valence-corrected chi connectivity index (χ1v) is 6.69. The minimum atomic E-state index is -4.46. The van der Waals surface area contributed by atoms with Gasteiger partial charge in [-0.15, -0.1) is 0 Å². The van der Waals surface area contributed by atoms with Crippen molar-refractivity contribution in [2.45, 2.75) is 4.90 Å². The number of carbonyl (C=O) groups is 2. The van der Waals surface area contributed by atoms with Gasteiger partial charge in [0.15, 0.2) is 0 Å². The molecule has 0 fully saturated rings. The predicted molar refractivity (Wildman–Crippen MR) is 70.8 cm³/mol. The molecule has 1 aliphatic carbocycles. The van der Waals surface area contributed by atoms with E-state index in [1.807, 2.05) is 0 Å². The van der Waals surface area contributed by atoms with Gasteiger partial charge in [0, 0.05) is 11.1 Å². The van der Waals surface area contributed by atoms with Gasteiger partial charge in [-0.3, -0.25) is 14.1 Å². The fourth-order valence-corrected chi connectivity index (χ4v) is 2.39. The van der Waals surface area contributed by atoms with Crippen LogP contribution in [0.2, 0.25) is 0 Å². The summed E-state index contributed by atoms with van der Waals surface area (Å²) in [6.45, 7) is 0. The Morgan fingerprint density at radius 2 is 1.42 bits per heavy atom. The molecule has 0 aromatic heterocycles. The van der Waals surface area contributed by atoms with E-state index < -0.39 is 36.6 Å². The van der Waals surface area contributed by atoms with Crippen LogP contribution >= 0.6 is 23.2 Å². The molecule has 1 aromatic rings. The van der Waals surface area contributed by atoms with Gasteiger partial charge in [0.05, 0.1) is 4.90 Å². The van der Waals surface area contributed by atoms with Gasteiger partial charge in [0.1, 0.15) is 10.1 Å². The molecule has 0 heterocycles. The topological polar surface area (TPSA) is 88.5 Å². The summed E-state index contributed by atoms with van der Waals surface area (Å²) in [5.74, 6) is -1.43. The summed E-state index contributed by atoms with van der Waals surface area (Å²) < 4.78 is 30.7. The zero-order valence-corrected chi connectivity index (χ0v) is 10.8. The first kappa shape index (κ1) is 16.8. The first-order valence-electron chi connectivity index (χ1n) is 4.49. The molecule has 0 radical (unpaired) electrons. The van der Waals surface area contributed by atoms with E-state index in [1.54, 1.807) is 0 Å². The average molecular weight is 331 g/mol. The molecule has 9 heteroatoms. The predicted octanol–water partition coefficient (Wildman–Crippen LogP) is 1.35. The van der Waals surface area contributed by atoms with Crippen molar-refractivity contribution < 1.29 is 22.6 Å². The molecule has 96 valence electrons. The van der Waals surface area contributed by atoms with E-state index in [1.165, 1.54) is 0 Å². The average Bonchev–Trinajstić information content (AvgIpc) is 2.32. The summed E-state index contributed by atoms with van der Waals surface area (Å²) in [4.78, 5) is 22.9. The van der Waals surface area contributed by atoms with E-state index in [4.69, 9.17) is 27.8 Å². The summed E-state index contributed by atoms with van der Waals surface area (Å²) in [6, 6.07) is 2.99. The van der Waals surface area contributed by atoms with Crippen molar-refractivity contribution in [2.24, 2.45) is 0 Å². The van der Waals surface area contributed by atoms with Crippen LogP contribution in [0.1, 0.15) is 20.7 Å². The van der Waals surface area contributed by atoms with Gasteiger partial charge in [-0.2, -0.15) is 8.42 Å². The van der Waals surface area contributed by atoms with Crippen LogP contribution in [-0.2, 0) is 10.1 Å². The van der Waals surface area contributed by atoms with Crippen LogP contribution < -0.4 is 0 Å². The minimum absolute atomic E-state index is 0. The number of halogens is 2. The van der Waals surface area contributed by atoms with E-state index in [9.17, 15) is 18.0 Å². The number of fused-ring (bicyclic) bond motifs is 1. The standard InChI is InChI=1S/C10H4Cl2O5S.Na.H/c11-7-8(12)10(14)6-3-4(18(15,16)17)1-2-5(6)9(7)13;;/h1-3H,(H,15,16,17);;. The molecule has 2 rings (SSSR count). The van der Waals surface area contributed by atoms with E-state index >= 15 is 0 Å². The number of rotatable bonds is 1. The Hall–Kier alpha value is -0.210. The fourth-order valence-electron chi connectivity index (χ4n) is 1.51. The molecule has 0 saturated heterocycles. The van der Waals surface area contributed by atoms with E-state index in [0.29, 0.717) is 0 Å². The molecule has 0 atom stereocenters. The summed E-state index contributed by atoms with van der Waals surface area (Å²) in [6.07, 6.45) is 0. The monoisotopic (exact) mass is 330 g/mol. The Morgan fingerprint density at radius 1 is 0.947 bits per heavy atom. The molecule has 1 aromatic carbocycles. The third-order valence-electron chi connectivity index (χ3n) is 2.37. The molecule has 5 nitrogen and oxygen atoms in total. The number of carbonyl (C=O) groups excluding carboxylic acids is 2. The molecule has 0 amide bonds. The third-order valence-corrected chi connectivity index (χ3v) is 4.04. The Balaban J connectivity index is 0.00000180. The number of benzene rings is 1. The molecule has 0 unspecified atom stereocenters. The van der Waals surface area contributed by atoms with Crippen LogP contribution in [0.3, 0.4) is 0 Å². The first-order chi connectivity index (χ1) is 8.23. The van der Waals surface area contributed by atoms with Gasteiger partial charge in [-0.25, -0.2) is 0 Å². The number of hydrogen-bond acceptors (Lipinski definition) is 4. The van der Waals surface area contributed by atoms with Crippen LogP contribution in [0.4, 0.5) is 0 Å². The van der Waals surface area contributed by atoms with Crippen LogP contribution in [0.5, 0.6) is 0 Å². The molecule has 0 saturated carbocycles. The summed E-state index contributed by atoms with van der Waals surface area (Å²) in [7, 11) is -4.46. The fraction of sp³-hybridized carbons (Fsp3) is 0. The van der Waals surface area contributed by atoms with Crippen molar-refractivity contribution in [3.05, 3.63) is 39.4 Å². The quantitative estimate of drug-likeness (QED) is 0.620. The van der Waals surface area contributed by atoms with E-state index in [-0.39, 0.29) is 40.7 Å². The van der Waals surface area contributed by atoms with Crippen molar-refractivity contribution in [1.29, 1.82) is 0 Å². The van der Waals surface area contributed by atoms with E-state index in [0.717, 1.165) is 18.2 Å². The van der Waals surface area contributed by atoms with Crippen LogP contribution in [0, 0.1) is 0 Å². The zero-order chi connectivity index (χ0) is 13.7. The van der Waals surface area contributed by atoms with Crippen LogP contribution in [0.25, 0.3) is 0 Å².